The number of ether oxygens (including phenoxy) is 1. The zero-order valence-corrected chi connectivity index (χ0v) is 14.3. The molecule has 0 aromatic heterocycles. The summed E-state index contributed by atoms with van der Waals surface area (Å²) in [4.78, 5) is 5.27. The predicted molar refractivity (Wildman–Crippen MR) is 88.5 cm³/mol. The maximum Gasteiger partial charge on any atom is 0.0661 e. The third-order valence-electron chi connectivity index (χ3n) is 5.78. The molecule has 2 aliphatic rings. The summed E-state index contributed by atoms with van der Waals surface area (Å²) in [6.45, 7) is 12.3. The van der Waals surface area contributed by atoms with Gasteiger partial charge in [-0.15, -0.1) is 0 Å². The Kier molecular flexibility index (Phi) is 6.48. The molecule has 2 aliphatic heterocycles. The van der Waals surface area contributed by atoms with E-state index in [-0.39, 0.29) is 5.54 Å². The highest BCUT2D eigenvalue weighted by Gasteiger charge is 2.40. The van der Waals surface area contributed by atoms with E-state index in [1.165, 1.54) is 58.4 Å². The van der Waals surface area contributed by atoms with E-state index in [4.69, 9.17) is 10.5 Å². The summed E-state index contributed by atoms with van der Waals surface area (Å²) in [6.07, 6.45) is 5.43. The first-order valence-electron chi connectivity index (χ1n) is 8.79. The SMILES string of the molecule is COCC(CN)(C(C)C)N1CCC(CN2CCCC2)CC1. The maximum atomic E-state index is 6.16. The highest BCUT2D eigenvalue weighted by molar-refractivity contribution is 4.96. The summed E-state index contributed by atoms with van der Waals surface area (Å²) in [5.74, 6) is 1.40. The molecule has 2 N–H and O–H groups in total. The van der Waals surface area contributed by atoms with E-state index in [9.17, 15) is 0 Å². The number of methoxy groups -OCH3 is 1. The van der Waals surface area contributed by atoms with Crippen molar-refractivity contribution in [1.82, 2.24) is 9.80 Å². The van der Waals surface area contributed by atoms with Crippen LogP contribution in [0.3, 0.4) is 0 Å². The number of nitrogens with zero attached hydrogens (tertiary/aromatic N) is 2. The molecule has 1 unspecified atom stereocenters. The van der Waals surface area contributed by atoms with Crippen LogP contribution in [-0.4, -0.2) is 68.3 Å². The Morgan fingerprint density at radius 2 is 1.76 bits per heavy atom. The number of nitrogens with two attached hydrogens (primary N) is 1. The number of likely N-dealkylation sites (tertiary alicyclic amines) is 2. The predicted octanol–water partition coefficient (Wildman–Crippen LogP) is 1.79. The van der Waals surface area contributed by atoms with Crippen molar-refractivity contribution in [2.45, 2.75) is 45.1 Å². The van der Waals surface area contributed by atoms with Gasteiger partial charge in [0.25, 0.3) is 0 Å². The molecule has 0 aromatic carbocycles. The van der Waals surface area contributed by atoms with Crippen LogP contribution in [0.2, 0.25) is 0 Å². The lowest BCUT2D eigenvalue weighted by atomic mass is 9.82. The van der Waals surface area contributed by atoms with Crippen LogP contribution in [0.25, 0.3) is 0 Å². The molecule has 4 heteroatoms. The van der Waals surface area contributed by atoms with Crippen molar-refractivity contribution in [2.24, 2.45) is 17.6 Å². The first kappa shape index (κ1) is 17.2. The molecule has 0 saturated carbocycles. The molecule has 2 fully saturated rings. The monoisotopic (exact) mass is 297 g/mol. The molecule has 21 heavy (non-hydrogen) atoms. The Morgan fingerprint density at radius 1 is 1.14 bits per heavy atom. The van der Waals surface area contributed by atoms with Crippen molar-refractivity contribution in [3.8, 4) is 0 Å². The Hall–Kier alpha value is -0.160. The Morgan fingerprint density at radius 3 is 2.24 bits per heavy atom. The molecule has 2 heterocycles. The lowest BCUT2D eigenvalue weighted by Gasteiger charge is -2.49. The molecule has 0 bridgehead atoms. The average molecular weight is 297 g/mol. The normalized spacial score (nSPS) is 25.6. The van der Waals surface area contributed by atoms with E-state index < -0.39 is 0 Å². The number of hydrogen-bond acceptors (Lipinski definition) is 4. The summed E-state index contributed by atoms with van der Waals surface area (Å²) in [5, 5.41) is 0. The van der Waals surface area contributed by atoms with Gasteiger partial charge in [-0.2, -0.15) is 0 Å². The Balaban J connectivity index is 1.88. The topological polar surface area (TPSA) is 41.7 Å². The van der Waals surface area contributed by atoms with Gasteiger partial charge in [-0.25, -0.2) is 0 Å². The van der Waals surface area contributed by atoms with E-state index in [2.05, 4.69) is 23.6 Å². The fourth-order valence-electron chi connectivity index (χ4n) is 4.19. The zero-order chi connectivity index (χ0) is 15.3. The smallest absolute Gasteiger partial charge is 0.0661 e. The molecule has 0 spiro atoms. The highest BCUT2D eigenvalue weighted by atomic mass is 16.5. The van der Waals surface area contributed by atoms with Crippen molar-refractivity contribution in [2.75, 3.05) is 53.0 Å². The van der Waals surface area contributed by atoms with Gasteiger partial charge in [-0.1, -0.05) is 13.8 Å². The fourth-order valence-corrected chi connectivity index (χ4v) is 4.19. The van der Waals surface area contributed by atoms with E-state index in [1.807, 2.05) is 0 Å². The lowest BCUT2D eigenvalue weighted by Crippen LogP contribution is -2.62. The van der Waals surface area contributed by atoms with Gasteiger partial charge < -0.3 is 15.4 Å². The number of hydrogen-bond donors (Lipinski definition) is 1. The molecule has 0 amide bonds. The Bertz CT molecular complexity index is 296. The van der Waals surface area contributed by atoms with Gasteiger partial charge in [0.1, 0.15) is 0 Å². The van der Waals surface area contributed by atoms with Gasteiger partial charge in [0.05, 0.1) is 12.1 Å². The summed E-state index contributed by atoms with van der Waals surface area (Å²) in [7, 11) is 1.80. The Labute approximate surface area is 131 Å². The van der Waals surface area contributed by atoms with Crippen molar-refractivity contribution in [3.63, 3.8) is 0 Å². The number of rotatable bonds is 7. The summed E-state index contributed by atoms with van der Waals surface area (Å²) < 4.78 is 5.52. The molecular weight excluding hydrogens is 262 g/mol. The van der Waals surface area contributed by atoms with Crippen molar-refractivity contribution >= 4 is 0 Å². The first-order chi connectivity index (χ1) is 10.1. The molecule has 2 rings (SSSR count). The third-order valence-corrected chi connectivity index (χ3v) is 5.78. The van der Waals surface area contributed by atoms with Gasteiger partial charge >= 0.3 is 0 Å². The summed E-state index contributed by atoms with van der Waals surface area (Å²) >= 11 is 0. The second-order valence-corrected chi connectivity index (χ2v) is 7.33. The third kappa shape index (κ3) is 3.98. The minimum Gasteiger partial charge on any atom is -0.383 e. The van der Waals surface area contributed by atoms with Crippen LogP contribution in [0.1, 0.15) is 39.5 Å². The molecule has 0 radical (unpaired) electrons. The van der Waals surface area contributed by atoms with Crippen LogP contribution in [-0.2, 0) is 4.74 Å². The van der Waals surface area contributed by atoms with E-state index >= 15 is 0 Å². The summed E-state index contributed by atoms with van der Waals surface area (Å²) in [5.41, 5.74) is 6.18. The fraction of sp³-hybridized carbons (Fsp3) is 1.00. The molecule has 0 aromatic rings. The van der Waals surface area contributed by atoms with Crippen LogP contribution in [0.15, 0.2) is 0 Å². The second-order valence-electron chi connectivity index (χ2n) is 7.33. The van der Waals surface area contributed by atoms with Gasteiger partial charge in [0, 0.05) is 20.2 Å². The molecule has 124 valence electrons. The van der Waals surface area contributed by atoms with Gasteiger partial charge in [0.2, 0.25) is 0 Å². The van der Waals surface area contributed by atoms with Crippen LogP contribution >= 0.6 is 0 Å². The van der Waals surface area contributed by atoms with Crippen LogP contribution in [0.4, 0.5) is 0 Å². The van der Waals surface area contributed by atoms with Crippen LogP contribution in [0.5, 0.6) is 0 Å². The maximum absolute atomic E-state index is 6.16. The summed E-state index contributed by atoms with van der Waals surface area (Å²) in [6, 6.07) is 0. The number of piperidine rings is 1. The molecule has 0 aliphatic carbocycles. The average Bonchev–Trinajstić information content (AvgIpc) is 2.98. The highest BCUT2D eigenvalue weighted by Crippen LogP contribution is 2.30. The van der Waals surface area contributed by atoms with E-state index in [0.29, 0.717) is 12.5 Å². The van der Waals surface area contributed by atoms with Crippen molar-refractivity contribution < 1.29 is 4.74 Å². The second kappa shape index (κ2) is 7.91. The first-order valence-corrected chi connectivity index (χ1v) is 8.79. The molecule has 1 atom stereocenters. The zero-order valence-electron chi connectivity index (χ0n) is 14.3. The lowest BCUT2D eigenvalue weighted by molar-refractivity contribution is -0.0349. The van der Waals surface area contributed by atoms with Gasteiger partial charge in [-0.05, 0) is 63.7 Å². The molecule has 2 saturated heterocycles. The van der Waals surface area contributed by atoms with E-state index in [0.717, 1.165) is 12.5 Å². The largest absolute Gasteiger partial charge is 0.383 e. The molecule has 4 nitrogen and oxygen atoms in total. The quantitative estimate of drug-likeness (QED) is 0.778. The van der Waals surface area contributed by atoms with Crippen LogP contribution in [0, 0.1) is 11.8 Å². The van der Waals surface area contributed by atoms with Crippen molar-refractivity contribution in [1.29, 1.82) is 0 Å². The van der Waals surface area contributed by atoms with Gasteiger partial charge in [-0.3, -0.25) is 4.90 Å². The van der Waals surface area contributed by atoms with E-state index in [1.54, 1.807) is 7.11 Å². The standard InChI is InChI=1S/C17H35N3O/c1-15(2)17(13-18,14-21-3)20-10-6-16(7-11-20)12-19-8-4-5-9-19/h15-16H,4-14,18H2,1-3H3. The van der Waals surface area contributed by atoms with Crippen LogP contribution < -0.4 is 5.73 Å². The van der Waals surface area contributed by atoms with Crippen molar-refractivity contribution in [3.05, 3.63) is 0 Å². The minimum absolute atomic E-state index is 0.0212. The molecular formula is C17H35N3O. The van der Waals surface area contributed by atoms with Gasteiger partial charge in [0.15, 0.2) is 0 Å². The minimum atomic E-state index is 0.0212.